The Kier molecular flexibility index (Phi) is 6.32. The van der Waals surface area contributed by atoms with E-state index in [1.165, 1.54) is 12.8 Å². The van der Waals surface area contributed by atoms with Crippen LogP contribution in [0.4, 0.5) is 11.4 Å². The summed E-state index contributed by atoms with van der Waals surface area (Å²) in [6.45, 7) is 7.15. The average molecular weight is 577 g/mol. The molecule has 0 bridgehead atoms. The van der Waals surface area contributed by atoms with E-state index in [9.17, 15) is 5.26 Å². The van der Waals surface area contributed by atoms with Crippen LogP contribution in [0.1, 0.15) is 69.3 Å². The second-order valence-electron chi connectivity index (χ2n) is 12.9. The number of aromatic nitrogens is 5. The van der Waals surface area contributed by atoms with E-state index in [2.05, 4.69) is 75.7 Å². The van der Waals surface area contributed by atoms with Crippen LogP contribution in [-0.2, 0) is 5.54 Å². The highest BCUT2D eigenvalue weighted by Crippen LogP contribution is 2.59. The summed E-state index contributed by atoms with van der Waals surface area (Å²) >= 11 is 6.85. The zero-order valence-corrected chi connectivity index (χ0v) is 24.8. The van der Waals surface area contributed by atoms with Crippen LogP contribution >= 0.6 is 11.6 Å². The predicted molar refractivity (Wildman–Crippen MR) is 167 cm³/mol. The van der Waals surface area contributed by atoms with Crippen molar-refractivity contribution in [3.8, 4) is 6.07 Å². The smallest absolute Gasteiger partial charge is 0.110 e. The van der Waals surface area contributed by atoms with Crippen molar-refractivity contribution in [1.82, 2.24) is 25.0 Å². The molecular formula is C33H33ClN8. The molecule has 2 saturated carbocycles. The van der Waals surface area contributed by atoms with Crippen LogP contribution in [0, 0.1) is 22.7 Å². The fraction of sp³-hybridized carbons (Fsp3) is 0.364. The lowest BCUT2D eigenvalue weighted by Gasteiger charge is -2.23. The van der Waals surface area contributed by atoms with Crippen LogP contribution in [0.3, 0.4) is 0 Å². The summed E-state index contributed by atoms with van der Waals surface area (Å²) < 4.78 is 2.11. The Balaban J connectivity index is 1.34. The van der Waals surface area contributed by atoms with Gasteiger partial charge in [-0.3, -0.25) is 9.97 Å². The maximum Gasteiger partial charge on any atom is 0.110 e. The van der Waals surface area contributed by atoms with Gasteiger partial charge in [-0.25, -0.2) is 4.68 Å². The minimum absolute atomic E-state index is 0.0146. The minimum atomic E-state index is -0.312. The monoisotopic (exact) mass is 576 g/mol. The van der Waals surface area contributed by atoms with E-state index >= 15 is 0 Å². The Bertz CT molecular complexity index is 1850. The SMILES string of the molecule is CC(C)(C)CNc1c(C#N)cnc2c(Cl)cc(NC(c3cn(C4(C5CC5)CC4)nn3)c3cccc4ncccc34)cc12. The number of pyridine rings is 2. The number of fused-ring (bicyclic) bond motifs is 2. The van der Waals surface area contributed by atoms with E-state index in [4.69, 9.17) is 16.7 Å². The summed E-state index contributed by atoms with van der Waals surface area (Å²) in [5.74, 6) is 0.709. The molecule has 0 saturated heterocycles. The van der Waals surface area contributed by atoms with Crippen LogP contribution in [0.15, 0.2) is 61.1 Å². The van der Waals surface area contributed by atoms with Crippen molar-refractivity contribution in [2.75, 3.05) is 17.2 Å². The Morgan fingerprint density at radius 3 is 2.69 bits per heavy atom. The summed E-state index contributed by atoms with van der Waals surface area (Å²) in [6.07, 6.45) is 10.4. The molecule has 0 aliphatic heterocycles. The molecule has 42 heavy (non-hydrogen) atoms. The van der Waals surface area contributed by atoms with Gasteiger partial charge in [0.25, 0.3) is 0 Å². The Morgan fingerprint density at radius 2 is 1.95 bits per heavy atom. The fourth-order valence-electron chi connectivity index (χ4n) is 6.03. The first kappa shape index (κ1) is 26.7. The molecule has 7 rings (SSSR count). The number of nitrogens with one attached hydrogen (secondary N) is 2. The van der Waals surface area contributed by atoms with Crippen LogP contribution in [0.2, 0.25) is 5.02 Å². The van der Waals surface area contributed by atoms with Crippen molar-refractivity contribution in [2.24, 2.45) is 11.3 Å². The molecule has 5 aromatic rings. The maximum atomic E-state index is 9.90. The number of hydrogen-bond donors (Lipinski definition) is 2. The largest absolute Gasteiger partial charge is 0.383 e. The first-order valence-corrected chi connectivity index (χ1v) is 14.9. The van der Waals surface area contributed by atoms with Gasteiger partial charge in [0, 0.05) is 35.4 Å². The molecule has 2 N–H and O–H groups in total. The lowest BCUT2D eigenvalue weighted by atomic mass is 9.96. The zero-order valence-electron chi connectivity index (χ0n) is 24.0. The number of halogens is 1. The molecule has 3 heterocycles. The molecule has 1 atom stereocenters. The first-order chi connectivity index (χ1) is 20.3. The highest BCUT2D eigenvalue weighted by molar-refractivity contribution is 6.35. The minimum Gasteiger partial charge on any atom is -0.383 e. The van der Waals surface area contributed by atoms with Crippen LogP contribution in [0.25, 0.3) is 21.8 Å². The summed E-state index contributed by atoms with van der Waals surface area (Å²) in [4.78, 5) is 9.14. The van der Waals surface area contributed by atoms with E-state index in [1.807, 2.05) is 36.5 Å². The predicted octanol–water partition coefficient (Wildman–Crippen LogP) is 7.46. The number of hydrogen-bond acceptors (Lipinski definition) is 7. The van der Waals surface area contributed by atoms with Crippen LogP contribution < -0.4 is 10.6 Å². The topological polar surface area (TPSA) is 104 Å². The molecular weight excluding hydrogens is 544 g/mol. The van der Waals surface area contributed by atoms with Gasteiger partial charge in [0.05, 0.1) is 45.1 Å². The lowest BCUT2D eigenvalue weighted by Crippen LogP contribution is -2.20. The van der Waals surface area contributed by atoms with Gasteiger partial charge in [-0.2, -0.15) is 5.26 Å². The second-order valence-corrected chi connectivity index (χ2v) is 13.3. The van der Waals surface area contributed by atoms with Gasteiger partial charge in [-0.05, 0) is 66.8 Å². The lowest BCUT2D eigenvalue weighted by molar-refractivity contribution is 0.371. The number of nitriles is 1. The van der Waals surface area contributed by atoms with Crippen LogP contribution in [-0.4, -0.2) is 31.5 Å². The Labute approximate surface area is 250 Å². The molecule has 212 valence electrons. The van der Waals surface area contributed by atoms with Gasteiger partial charge < -0.3 is 10.6 Å². The third-order valence-corrected chi connectivity index (χ3v) is 8.79. The van der Waals surface area contributed by atoms with Crippen molar-refractivity contribution < 1.29 is 0 Å². The highest BCUT2D eigenvalue weighted by Gasteiger charge is 2.56. The second kappa shape index (κ2) is 9.95. The summed E-state index contributed by atoms with van der Waals surface area (Å²) in [6, 6.07) is 16.1. The van der Waals surface area contributed by atoms with Crippen molar-refractivity contribution in [2.45, 2.75) is 58.0 Å². The number of rotatable bonds is 8. The summed E-state index contributed by atoms with van der Waals surface area (Å²) in [7, 11) is 0. The van der Waals surface area contributed by atoms with Gasteiger partial charge in [0.2, 0.25) is 0 Å². The third-order valence-electron chi connectivity index (χ3n) is 8.50. The van der Waals surface area contributed by atoms with Gasteiger partial charge in [0.15, 0.2) is 0 Å². The quantitative estimate of drug-likeness (QED) is 0.197. The number of nitrogens with zero attached hydrogens (tertiary/aromatic N) is 6. The van der Waals surface area contributed by atoms with E-state index in [-0.39, 0.29) is 17.0 Å². The van der Waals surface area contributed by atoms with Crippen molar-refractivity contribution in [1.29, 1.82) is 5.26 Å². The number of benzene rings is 2. The Hall–Kier alpha value is -4.22. The number of anilines is 2. The van der Waals surface area contributed by atoms with E-state index in [0.29, 0.717) is 28.6 Å². The van der Waals surface area contributed by atoms with Gasteiger partial charge >= 0.3 is 0 Å². The molecule has 2 aliphatic rings. The molecule has 0 radical (unpaired) electrons. The standard InChI is InChI=1S/C33H33ClN8/c1-32(2,3)19-38-29-20(16-35)17-37-30-25(29)14-22(15-26(30)34)39-31(24-6-4-8-27-23(24)7-5-13-36-27)28-18-42(41-40-28)33(11-12-33)21-9-10-21/h4-8,13-15,17-18,21,31,39H,9-12,19H2,1-3H3,(H,37,38). The van der Waals surface area contributed by atoms with Crippen LogP contribution in [0.5, 0.6) is 0 Å². The maximum absolute atomic E-state index is 9.90. The molecule has 8 nitrogen and oxygen atoms in total. The molecule has 2 aromatic carbocycles. The molecule has 2 aliphatic carbocycles. The third kappa shape index (κ3) is 4.82. The normalized spacial score (nSPS) is 16.7. The van der Waals surface area contributed by atoms with Crippen molar-refractivity contribution >= 4 is 44.8 Å². The fourth-order valence-corrected chi connectivity index (χ4v) is 6.30. The molecule has 1 unspecified atom stereocenters. The molecule has 9 heteroatoms. The van der Waals surface area contributed by atoms with Crippen molar-refractivity contribution in [3.63, 3.8) is 0 Å². The van der Waals surface area contributed by atoms with Gasteiger partial charge in [-0.15, -0.1) is 5.10 Å². The first-order valence-electron chi connectivity index (χ1n) is 14.5. The van der Waals surface area contributed by atoms with E-state index < -0.39 is 0 Å². The van der Waals surface area contributed by atoms with E-state index in [0.717, 1.165) is 51.8 Å². The Morgan fingerprint density at radius 1 is 1.12 bits per heavy atom. The van der Waals surface area contributed by atoms with Crippen molar-refractivity contribution in [3.05, 3.63) is 82.9 Å². The molecule has 2 fully saturated rings. The summed E-state index contributed by atoms with van der Waals surface area (Å²) in [5.41, 5.74) is 5.62. The van der Waals surface area contributed by atoms with Gasteiger partial charge in [-0.1, -0.05) is 55.8 Å². The molecule has 3 aromatic heterocycles. The summed E-state index contributed by atoms with van der Waals surface area (Å²) in [5, 5.41) is 28.9. The zero-order chi connectivity index (χ0) is 29.1. The average Bonchev–Trinajstić information content (AvgIpc) is 3.91. The van der Waals surface area contributed by atoms with E-state index in [1.54, 1.807) is 6.20 Å². The molecule has 0 amide bonds. The highest BCUT2D eigenvalue weighted by atomic mass is 35.5. The van der Waals surface area contributed by atoms with Gasteiger partial charge in [0.1, 0.15) is 11.8 Å². The molecule has 0 spiro atoms.